The van der Waals surface area contributed by atoms with E-state index in [0.29, 0.717) is 44.0 Å². The number of piperidine rings is 3. The minimum atomic E-state index is -0.637. The Morgan fingerprint density at radius 3 is 2.42 bits per heavy atom. The zero-order valence-electron chi connectivity index (χ0n) is 26.2. The molecule has 0 unspecified atom stereocenters. The van der Waals surface area contributed by atoms with Gasteiger partial charge in [0, 0.05) is 63.2 Å². The summed E-state index contributed by atoms with van der Waals surface area (Å²) in [5.74, 6) is -0.0561. The molecule has 10 heteroatoms. The molecule has 1 atom stereocenters. The molecule has 1 spiro atoms. The predicted octanol–water partition coefficient (Wildman–Crippen LogP) is 4.67. The molecule has 7 rings (SSSR count). The highest BCUT2D eigenvalue weighted by Gasteiger charge is 2.45. The fourth-order valence-corrected chi connectivity index (χ4v) is 8.87. The van der Waals surface area contributed by atoms with E-state index < -0.39 is 11.7 Å². The molecule has 2 N–H and O–H groups in total. The normalized spacial score (nSPS) is 21.4. The molecule has 2 aromatic carbocycles. The van der Waals surface area contributed by atoms with E-state index in [-0.39, 0.29) is 17.8 Å². The largest absolute Gasteiger partial charge is 0.351 e. The van der Waals surface area contributed by atoms with Gasteiger partial charge < -0.3 is 30.2 Å². The number of anilines is 1. The lowest BCUT2D eigenvalue weighted by atomic mass is 9.90. The molecule has 0 bridgehead atoms. The van der Waals surface area contributed by atoms with Gasteiger partial charge in [0.25, 0.3) is 5.91 Å². The van der Waals surface area contributed by atoms with Gasteiger partial charge in [0.1, 0.15) is 11.7 Å². The fourth-order valence-electron chi connectivity index (χ4n) is 7.90. The summed E-state index contributed by atoms with van der Waals surface area (Å²) < 4.78 is 1.19. The van der Waals surface area contributed by atoms with Crippen LogP contribution in [0.25, 0.3) is 10.1 Å². The van der Waals surface area contributed by atoms with Crippen LogP contribution < -0.4 is 15.5 Å². The summed E-state index contributed by atoms with van der Waals surface area (Å²) in [6.45, 7) is 4.79. The monoisotopic (exact) mass is 628 g/mol. The zero-order chi connectivity index (χ0) is 31.0. The van der Waals surface area contributed by atoms with Crippen molar-refractivity contribution >= 4 is 45.0 Å². The number of nitrogens with zero attached hydrogens (tertiary/aromatic N) is 4. The average molecular weight is 629 g/mol. The fraction of sp³-hybridized carbons (Fsp3) is 0.514. The first-order chi connectivity index (χ1) is 21.9. The van der Waals surface area contributed by atoms with Crippen molar-refractivity contribution in [3.05, 3.63) is 65.0 Å². The topological polar surface area (TPSA) is 88.2 Å². The van der Waals surface area contributed by atoms with Gasteiger partial charge in [-0.2, -0.15) is 0 Å². The van der Waals surface area contributed by atoms with Crippen LogP contribution in [0.2, 0.25) is 0 Å². The van der Waals surface area contributed by atoms with Crippen LogP contribution in [0.3, 0.4) is 0 Å². The number of amides is 4. The van der Waals surface area contributed by atoms with Crippen LogP contribution in [0.5, 0.6) is 0 Å². The molecule has 45 heavy (non-hydrogen) atoms. The summed E-state index contributed by atoms with van der Waals surface area (Å²) in [7, 11) is 2.02. The second-order valence-corrected chi connectivity index (χ2v) is 14.1. The van der Waals surface area contributed by atoms with E-state index in [1.165, 1.54) is 37.1 Å². The number of para-hydroxylation sites is 1. The first-order valence-electron chi connectivity index (χ1n) is 16.6. The summed E-state index contributed by atoms with van der Waals surface area (Å²) in [6, 6.07) is 15.6. The SMILES string of the molecule is CN1c2ccccc2C(=O)NC12CCN(C(=O)N[C@H](Cc1csc3ccccc13)C(=O)N1CCC(N3CCCCC3)CC1)CC2. The van der Waals surface area contributed by atoms with Gasteiger partial charge in [-0.15, -0.1) is 11.3 Å². The number of carbonyl (C=O) groups is 3. The first-order valence-corrected chi connectivity index (χ1v) is 17.5. The number of rotatable bonds is 5. The van der Waals surface area contributed by atoms with Gasteiger partial charge in [-0.1, -0.05) is 36.8 Å². The number of nitrogens with one attached hydrogen (secondary N) is 2. The number of hydrogen-bond donors (Lipinski definition) is 2. The van der Waals surface area contributed by atoms with Gasteiger partial charge in [-0.25, -0.2) is 4.79 Å². The van der Waals surface area contributed by atoms with Crippen LogP contribution in [0.4, 0.5) is 10.5 Å². The number of likely N-dealkylation sites (tertiary alicyclic amines) is 3. The van der Waals surface area contributed by atoms with Crippen LogP contribution in [0, 0.1) is 0 Å². The van der Waals surface area contributed by atoms with E-state index in [4.69, 9.17) is 0 Å². The van der Waals surface area contributed by atoms with Crippen LogP contribution in [0.1, 0.15) is 60.9 Å². The molecule has 4 aliphatic rings. The average Bonchev–Trinajstić information content (AvgIpc) is 3.50. The molecule has 3 saturated heterocycles. The van der Waals surface area contributed by atoms with Crippen molar-refractivity contribution in [1.29, 1.82) is 0 Å². The molecule has 1 aromatic heterocycles. The Hall–Kier alpha value is -3.63. The molecule has 9 nitrogen and oxygen atoms in total. The molecule has 3 aromatic rings. The van der Waals surface area contributed by atoms with Crippen molar-refractivity contribution < 1.29 is 14.4 Å². The summed E-state index contributed by atoms with van der Waals surface area (Å²) in [5.41, 5.74) is 2.15. The Morgan fingerprint density at radius 1 is 0.933 bits per heavy atom. The van der Waals surface area contributed by atoms with Crippen LogP contribution in [-0.4, -0.2) is 96.6 Å². The van der Waals surface area contributed by atoms with Crippen molar-refractivity contribution in [2.24, 2.45) is 0 Å². The summed E-state index contributed by atoms with van der Waals surface area (Å²) in [6.07, 6.45) is 7.53. The second-order valence-electron chi connectivity index (χ2n) is 13.2. The Bertz CT molecular complexity index is 1550. The molecular formula is C35H44N6O3S. The zero-order valence-corrected chi connectivity index (χ0v) is 27.0. The first kappa shape index (κ1) is 30.0. The van der Waals surface area contributed by atoms with Gasteiger partial charge in [0.2, 0.25) is 5.91 Å². The number of thiophene rings is 1. The number of fused-ring (bicyclic) bond motifs is 2. The van der Waals surface area contributed by atoms with Crippen molar-refractivity contribution in [1.82, 2.24) is 25.3 Å². The molecular weight excluding hydrogens is 584 g/mol. The lowest BCUT2D eigenvalue weighted by molar-refractivity contribution is -0.134. The number of urea groups is 1. The number of hydrogen-bond acceptors (Lipinski definition) is 6. The molecule has 0 radical (unpaired) electrons. The van der Waals surface area contributed by atoms with E-state index in [1.807, 2.05) is 48.3 Å². The number of carbonyl (C=O) groups excluding carboxylic acids is 3. The molecule has 4 aliphatic heterocycles. The minimum Gasteiger partial charge on any atom is -0.351 e. The Balaban J connectivity index is 1.04. The van der Waals surface area contributed by atoms with E-state index in [9.17, 15) is 14.4 Å². The number of benzene rings is 2. The van der Waals surface area contributed by atoms with Gasteiger partial charge in [-0.05, 0) is 73.3 Å². The van der Waals surface area contributed by atoms with Crippen LogP contribution in [0.15, 0.2) is 53.9 Å². The maximum Gasteiger partial charge on any atom is 0.318 e. The Morgan fingerprint density at radius 2 is 1.64 bits per heavy atom. The molecule has 5 heterocycles. The van der Waals surface area contributed by atoms with Crippen molar-refractivity contribution in [3.8, 4) is 0 Å². The second kappa shape index (κ2) is 12.6. The highest BCUT2D eigenvalue weighted by molar-refractivity contribution is 7.17. The summed E-state index contributed by atoms with van der Waals surface area (Å²) in [5, 5.41) is 9.69. The molecule has 4 amide bonds. The third-order valence-corrected chi connectivity index (χ3v) is 11.7. The highest BCUT2D eigenvalue weighted by atomic mass is 32.1. The van der Waals surface area contributed by atoms with Gasteiger partial charge >= 0.3 is 6.03 Å². The smallest absolute Gasteiger partial charge is 0.318 e. The lowest BCUT2D eigenvalue weighted by Crippen LogP contribution is -2.67. The third-order valence-electron chi connectivity index (χ3n) is 10.6. The Labute approximate surface area is 269 Å². The summed E-state index contributed by atoms with van der Waals surface area (Å²) in [4.78, 5) is 49.5. The summed E-state index contributed by atoms with van der Waals surface area (Å²) >= 11 is 1.68. The third kappa shape index (κ3) is 5.90. The van der Waals surface area contributed by atoms with Gasteiger partial charge in [0.15, 0.2) is 0 Å². The van der Waals surface area contributed by atoms with Crippen molar-refractivity contribution in [2.75, 3.05) is 51.2 Å². The minimum absolute atomic E-state index is 0.0140. The van der Waals surface area contributed by atoms with Crippen molar-refractivity contribution in [3.63, 3.8) is 0 Å². The van der Waals surface area contributed by atoms with Gasteiger partial charge in [0.05, 0.1) is 11.3 Å². The molecule has 0 saturated carbocycles. The lowest BCUT2D eigenvalue weighted by Gasteiger charge is -2.51. The molecule has 0 aliphatic carbocycles. The predicted molar refractivity (Wildman–Crippen MR) is 179 cm³/mol. The van der Waals surface area contributed by atoms with E-state index in [1.54, 1.807) is 16.2 Å². The highest BCUT2D eigenvalue weighted by Crippen LogP contribution is 2.36. The maximum absolute atomic E-state index is 14.1. The standard InChI is InChI=1S/C35H44N6O3S/c1-38-30-11-5-3-10-28(30)32(42)37-35(38)15-21-41(22-16-35)34(44)36-29(23-25-24-45-31-12-6-4-9-27(25)31)33(43)40-19-13-26(14-20-40)39-17-7-2-8-18-39/h3-6,9-12,24,26,29H,2,7-8,13-23H2,1H3,(H,36,44)(H,37,42)/t29-/m1/s1. The van der Waals surface area contributed by atoms with Crippen LogP contribution in [-0.2, 0) is 11.2 Å². The Kier molecular flexibility index (Phi) is 8.44. The van der Waals surface area contributed by atoms with E-state index in [0.717, 1.165) is 42.6 Å². The van der Waals surface area contributed by atoms with Crippen molar-refractivity contribution in [2.45, 2.75) is 69.1 Å². The maximum atomic E-state index is 14.1. The van der Waals surface area contributed by atoms with E-state index in [2.05, 4.69) is 37.9 Å². The molecule has 3 fully saturated rings. The van der Waals surface area contributed by atoms with Crippen LogP contribution >= 0.6 is 11.3 Å². The van der Waals surface area contributed by atoms with Gasteiger partial charge in [-0.3, -0.25) is 9.59 Å². The quantitative estimate of drug-likeness (QED) is 0.429. The van der Waals surface area contributed by atoms with E-state index >= 15 is 0 Å². The molecule has 238 valence electrons.